The summed E-state index contributed by atoms with van der Waals surface area (Å²) in [6, 6.07) is 7.39. The lowest BCUT2D eigenvalue weighted by Gasteiger charge is -2.05. The van der Waals surface area contributed by atoms with E-state index in [9.17, 15) is 9.18 Å². The lowest BCUT2D eigenvalue weighted by Crippen LogP contribution is -2.12. The molecule has 0 atom stereocenters. The van der Waals surface area contributed by atoms with Gasteiger partial charge in [0.2, 0.25) is 0 Å². The Bertz CT molecular complexity index is 587. The van der Waals surface area contributed by atoms with Crippen molar-refractivity contribution < 1.29 is 9.18 Å². The number of halogens is 1. The minimum absolute atomic E-state index is 0.0696. The number of hydrogen-bond acceptors (Lipinski definition) is 3. The van der Waals surface area contributed by atoms with E-state index < -0.39 is 5.82 Å². The summed E-state index contributed by atoms with van der Waals surface area (Å²) in [4.78, 5) is 11.6. The molecule has 1 amide bonds. The Morgan fingerprint density at radius 1 is 1.41 bits per heavy atom. The average molecular weight is 246 g/mol. The van der Waals surface area contributed by atoms with Gasteiger partial charge in [-0.3, -0.25) is 4.79 Å². The molecular formula is C12H7FN2OS. The van der Waals surface area contributed by atoms with Crippen LogP contribution in [-0.2, 0) is 0 Å². The molecule has 5 heteroatoms. The van der Waals surface area contributed by atoms with Gasteiger partial charge in [0, 0.05) is 5.38 Å². The van der Waals surface area contributed by atoms with Gasteiger partial charge in [-0.25, -0.2) is 4.39 Å². The van der Waals surface area contributed by atoms with Gasteiger partial charge in [0.25, 0.3) is 5.91 Å². The van der Waals surface area contributed by atoms with Gasteiger partial charge >= 0.3 is 0 Å². The van der Waals surface area contributed by atoms with E-state index in [2.05, 4.69) is 5.32 Å². The molecule has 1 heterocycles. The highest BCUT2D eigenvalue weighted by molar-refractivity contribution is 7.08. The molecule has 1 aromatic carbocycles. The molecule has 0 radical (unpaired) electrons. The molecule has 0 fully saturated rings. The number of carbonyl (C=O) groups is 1. The molecule has 1 aromatic heterocycles. The van der Waals surface area contributed by atoms with E-state index in [0.717, 1.165) is 6.07 Å². The van der Waals surface area contributed by atoms with Crippen LogP contribution < -0.4 is 5.32 Å². The molecule has 0 unspecified atom stereocenters. The highest BCUT2D eigenvalue weighted by atomic mass is 32.1. The molecule has 84 valence electrons. The highest BCUT2D eigenvalue weighted by Crippen LogP contribution is 2.17. The van der Waals surface area contributed by atoms with Crippen LogP contribution in [-0.4, -0.2) is 5.91 Å². The fraction of sp³-hybridized carbons (Fsp3) is 0. The second-order valence-corrected chi connectivity index (χ2v) is 4.05. The third-order valence-electron chi connectivity index (χ3n) is 2.13. The summed E-state index contributed by atoms with van der Waals surface area (Å²) in [5.74, 6) is -0.984. The zero-order valence-corrected chi connectivity index (χ0v) is 9.42. The van der Waals surface area contributed by atoms with Crippen molar-refractivity contribution in [2.45, 2.75) is 0 Å². The number of thiophene rings is 1. The number of amides is 1. The number of anilines is 1. The van der Waals surface area contributed by atoms with Crippen molar-refractivity contribution in [3.05, 3.63) is 52.0 Å². The van der Waals surface area contributed by atoms with E-state index in [-0.39, 0.29) is 17.2 Å². The predicted molar refractivity (Wildman–Crippen MR) is 63.4 cm³/mol. The molecule has 0 aliphatic carbocycles. The molecule has 1 N–H and O–H groups in total. The predicted octanol–water partition coefficient (Wildman–Crippen LogP) is 3.01. The number of carbonyl (C=O) groups excluding carboxylic acids is 1. The molecule has 3 nitrogen and oxygen atoms in total. The molecule has 2 rings (SSSR count). The second kappa shape index (κ2) is 4.76. The molecule has 0 aliphatic rings. The molecule has 2 aromatic rings. The first-order valence-corrected chi connectivity index (χ1v) is 5.68. The van der Waals surface area contributed by atoms with E-state index in [1.54, 1.807) is 16.8 Å². The van der Waals surface area contributed by atoms with Gasteiger partial charge < -0.3 is 5.32 Å². The minimum Gasteiger partial charge on any atom is -0.319 e. The SMILES string of the molecule is N#Cc1ccc(NC(=O)c2ccsc2)c(F)c1. The van der Waals surface area contributed by atoms with E-state index >= 15 is 0 Å². The van der Waals surface area contributed by atoms with Gasteiger partial charge in [-0.05, 0) is 29.6 Å². The zero-order valence-electron chi connectivity index (χ0n) is 8.61. The Morgan fingerprint density at radius 3 is 2.82 bits per heavy atom. The third kappa shape index (κ3) is 2.49. The Balaban J connectivity index is 2.20. The minimum atomic E-state index is -0.618. The van der Waals surface area contributed by atoms with Crippen LogP contribution in [0.25, 0.3) is 0 Å². The van der Waals surface area contributed by atoms with Crippen molar-refractivity contribution in [1.29, 1.82) is 5.26 Å². The maximum Gasteiger partial charge on any atom is 0.256 e. The van der Waals surface area contributed by atoms with Crippen molar-refractivity contribution >= 4 is 22.9 Å². The van der Waals surface area contributed by atoms with Crippen LogP contribution in [0.5, 0.6) is 0 Å². The lowest BCUT2D eigenvalue weighted by atomic mass is 10.2. The van der Waals surface area contributed by atoms with E-state index in [1.165, 1.54) is 23.5 Å². The number of rotatable bonds is 2. The standard InChI is InChI=1S/C12H7FN2OS/c13-10-5-8(6-14)1-2-11(10)15-12(16)9-3-4-17-7-9/h1-5,7H,(H,15,16). The van der Waals surface area contributed by atoms with Gasteiger partial charge in [0.15, 0.2) is 0 Å². The van der Waals surface area contributed by atoms with E-state index in [0.29, 0.717) is 5.56 Å². The van der Waals surface area contributed by atoms with Crippen LogP contribution in [0.15, 0.2) is 35.0 Å². The first-order chi connectivity index (χ1) is 8.20. The molecular weight excluding hydrogens is 239 g/mol. The Morgan fingerprint density at radius 2 is 2.24 bits per heavy atom. The van der Waals surface area contributed by atoms with Crippen molar-refractivity contribution in [2.75, 3.05) is 5.32 Å². The van der Waals surface area contributed by atoms with Gasteiger partial charge in [-0.1, -0.05) is 0 Å². The first kappa shape index (κ1) is 11.3. The summed E-state index contributed by atoms with van der Waals surface area (Å²) in [7, 11) is 0. The monoisotopic (exact) mass is 246 g/mol. The summed E-state index contributed by atoms with van der Waals surface area (Å²) in [5, 5.41) is 14.5. The van der Waals surface area contributed by atoms with Crippen molar-refractivity contribution in [1.82, 2.24) is 0 Å². The smallest absolute Gasteiger partial charge is 0.256 e. The van der Waals surface area contributed by atoms with Crippen LogP contribution in [0, 0.1) is 17.1 Å². The van der Waals surface area contributed by atoms with E-state index in [1.807, 2.05) is 6.07 Å². The number of nitrogens with one attached hydrogen (secondary N) is 1. The maximum absolute atomic E-state index is 13.5. The molecule has 0 aliphatic heterocycles. The second-order valence-electron chi connectivity index (χ2n) is 3.27. The lowest BCUT2D eigenvalue weighted by molar-refractivity contribution is 0.102. The van der Waals surface area contributed by atoms with Crippen LogP contribution in [0.2, 0.25) is 0 Å². The fourth-order valence-electron chi connectivity index (χ4n) is 1.27. The summed E-state index contributed by atoms with van der Waals surface area (Å²) < 4.78 is 13.5. The van der Waals surface area contributed by atoms with Gasteiger partial charge in [0.05, 0.1) is 22.9 Å². The Labute approximate surface area is 101 Å². The normalized spacial score (nSPS) is 9.65. The molecule has 0 saturated carbocycles. The summed E-state index contributed by atoms with van der Waals surface area (Å²) in [6.07, 6.45) is 0. The van der Waals surface area contributed by atoms with Gasteiger partial charge in [-0.15, -0.1) is 0 Å². The number of hydrogen-bond donors (Lipinski definition) is 1. The average Bonchev–Trinajstić information content (AvgIpc) is 2.85. The van der Waals surface area contributed by atoms with Crippen LogP contribution in [0.1, 0.15) is 15.9 Å². The molecule has 0 spiro atoms. The molecule has 17 heavy (non-hydrogen) atoms. The summed E-state index contributed by atoms with van der Waals surface area (Å²) >= 11 is 1.39. The summed E-state index contributed by atoms with van der Waals surface area (Å²) in [5.41, 5.74) is 0.773. The van der Waals surface area contributed by atoms with Crippen molar-refractivity contribution in [3.8, 4) is 6.07 Å². The van der Waals surface area contributed by atoms with Crippen LogP contribution in [0.3, 0.4) is 0 Å². The summed E-state index contributed by atoms with van der Waals surface area (Å²) in [6.45, 7) is 0. The zero-order chi connectivity index (χ0) is 12.3. The van der Waals surface area contributed by atoms with Gasteiger partial charge in [0.1, 0.15) is 5.82 Å². The maximum atomic E-state index is 13.5. The Hall–Kier alpha value is -2.19. The van der Waals surface area contributed by atoms with Crippen LogP contribution in [0.4, 0.5) is 10.1 Å². The first-order valence-electron chi connectivity index (χ1n) is 4.74. The van der Waals surface area contributed by atoms with Crippen molar-refractivity contribution in [2.24, 2.45) is 0 Å². The van der Waals surface area contributed by atoms with Crippen molar-refractivity contribution in [3.63, 3.8) is 0 Å². The van der Waals surface area contributed by atoms with E-state index in [4.69, 9.17) is 5.26 Å². The van der Waals surface area contributed by atoms with Crippen LogP contribution >= 0.6 is 11.3 Å². The van der Waals surface area contributed by atoms with Gasteiger partial charge in [-0.2, -0.15) is 16.6 Å². The number of nitrogens with zero attached hydrogens (tertiary/aromatic N) is 1. The largest absolute Gasteiger partial charge is 0.319 e. The Kier molecular flexibility index (Phi) is 3.17. The number of nitriles is 1. The molecule has 0 bridgehead atoms. The third-order valence-corrected chi connectivity index (χ3v) is 2.81. The topological polar surface area (TPSA) is 52.9 Å². The quantitative estimate of drug-likeness (QED) is 0.885. The molecule has 0 saturated heterocycles. The number of benzene rings is 1. The fourth-order valence-corrected chi connectivity index (χ4v) is 1.91. The highest BCUT2D eigenvalue weighted by Gasteiger charge is 2.09.